The van der Waals surface area contributed by atoms with Crippen LogP contribution in [0.2, 0.25) is 0 Å². The van der Waals surface area contributed by atoms with Crippen LogP contribution in [-0.2, 0) is 14.3 Å². The van der Waals surface area contributed by atoms with Crippen molar-refractivity contribution in [3.63, 3.8) is 0 Å². The van der Waals surface area contributed by atoms with Gasteiger partial charge in [-0.15, -0.1) is 0 Å². The summed E-state index contributed by atoms with van der Waals surface area (Å²) in [7, 11) is 1.38. The lowest BCUT2D eigenvalue weighted by Gasteiger charge is -2.35. The van der Waals surface area contributed by atoms with Crippen molar-refractivity contribution < 1.29 is 18.7 Å². The maximum atomic E-state index is 13.4. The molecule has 0 amide bonds. The molecule has 7 nitrogen and oxygen atoms in total. The second-order valence-electron chi connectivity index (χ2n) is 6.74. The summed E-state index contributed by atoms with van der Waals surface area (Å²) in [5.41, 5.74) is 1.04. The zero-order chi connectivity index (χ0) is 20.4. The molecule has 2 N–H and O–H groups in total. The molecule has 0 spiro atoms. The van der Waals surface area contributed by atoms with Crippen LogP contribution in [0.5, 0.6) is 0 Å². The van der Waals surface area contributed by atoms with Crippen LogP contribution in [0.1, 0.15) is 25.5 Å². The Bertz CT molecular complexity index is 633. The van der Waals surface area contributed by atoms with Gasteiger partial charge in [-0.1, -0.05) is 19.1 Å². The number of guanidine groups is 1. The van der Waals surface area contributed by atoms with Crippen molar-refractivity contribution in [1.82, 2.24) is 15.5 Å². The Morgan fingerprint density at radius 3 is 2.57 bits per heavy atom. The van der Waals surface area contributed by atoms with Crippen LogP contribution >= 0.6 is 0 Å². The molecule has 1 aromatic rings. The van der Waals surface area contributed by atoms with Crippen LogP contribution < -0.4 is 10.6 Å². The van der Waals surface area contributed by atoms with Gasteiger partial charge in [0.15, 0.2) is 5.96 Å². The van der Waals surface area contributed by atoms with Crippen molar-refractivity contribution in [2.45, 2.75) is 19.9 Å². The van der Waals surface area contributed by atoms with Gasteiger partial charge in [-0.25, -0.2) is 4.39 Å². The number of morpholine rings is 1. The lowest BCUT2D eigenvalue weighted by Crippen LogP contribution is -2.46. The van der Waals surface area contributed by atoms with E-state index in [2.05, 4.69) is 20.5 Å². The van der Waals surface area contributed by atoms with Crippen LogP contribution in [0.15, 0.2) is 29.3 Å². The third-order valence-corrected chi connectivity index (χ3v) is 4.68. The van der Waals surface area contributed by atoms with Gasteiger partial charge in [0.2, 0.25) is 0 Å². The predicted molar refractivity (Wildman–Crippen MR) is 107 cm³/mol. The number of carbonyl (C=O) groups is 1. The summed E-state index contributed by atoms with van der Waals surface area (Å²) < 4.78 is 23.6. The number of nitrogens with one attached hydrogen (secondary N) is 2. The summed E-state index contributed by atoms with van der Waals surface area (Å²) >= 11 is 0. The summed E-state index contributed by atoms with van der Waals surface area (Å²) in [5.74, 6) is -0.201. The first-order valence-corrected chi connectivity index (χ1v) is 9.72. The molecule has 1 fully saturated rings. The largest absolute Gasteiger partial charge is 0.469 e. The van der Waals surface area contributed by atoms with E-state index in [-0.39, 0.29) is 23.7 Å². The second kappa shape index (κ2) is 11.6. The first-order valence-electron chi connectivity index (χ1n) is 9.72. The van der Waals surface area contributed by atoms with Gasteiger partial charge in [0, 0.05) is 26.2 Å². The highest BCUT2D eigenvalue weighted by Crippen LogP contribution is 2.21. The standard InChI is InChI=1S/C20H31FN4O3/c1-4-22-20(23-13-15(2)19(26)27-3)24-14-18(25-9-11-28-12-10-25)16-5-7-17(21)8-6-16/h5-8,15,18H,4,9-14H2,1-3H3,(H2,22,23,24). The van der Waals surface area contributed by atoms with Gasteiger partial charge in [0.25, 0.3) is 0 Å². The van der Waals surface area contributed by atoms with E-state index < -0.39 is 0 Å². The number of halogens is 1. The molecular weight excluding hydrogens is 363 g/mol. The first kappa shape index (κ1) is 22.1. The quantitative estimate of drug-likeness (QED) is 0.396. The van der Waals surface area contributed by atoms with Crippen molar-refractivity contribution in [1.29, 1.82) is 0 Å². The van der Waals surface area contributed by atoms with E-state index in [1.807, 2.05) is 19.1 Å². The van der Waals surface area contributed by atoms with Gasteiger partial charge in [-0.3, -0.25) is 14.7 Å². The molecular formula is C20H31FN4O3. The zero-order valence-electron chi connectivity index (χ0n) is 16.9. The lowest BCUT2D eigenvalue weighted by molar-refractivity contribution is -0.144. The minimum Gasteiger partial charge on any atom is -0.469 e. The highest BCUT2D eigenvalue weighted by atomic mass is 19.1. The molecule has 2 unspecified atom stereocenters. The highest BCUT2D eigenvalue weighted by Gasteiger charge is 2.23. The Morgan fingerprint density at radius 1 is 1.29 bits per heavy atom. The third kappa shape index (κ3) is 6.76. The average molecular weight is 394 g/mol. The normalized spacial score (nSPS) is 17.6. The topological polar surface area (TPSA) is 75.2 Å². The molecule has 1 aliphatic rings. The summed E-state index contributed by atoms with van der Waals surface area (Å²) in [4.78, 5) is 18.4. The molecule has 1 aromatic carbocycles. The lowest BCUT2D eigenvalue weighted by atomic mass is 10.0. The average Bonchev–Trinajstić information content (AvgIpc) is 2.73. The monoisotopic (exact) mass is 394 g/mol. The molecule has 1 aliphatic heterocycles. The van der Waals surface area contributed by atoms with Gasteiger partial charge >= 0.3 is 5.97 Å². The molecule has 1 heterocycles. The zero-order valence-corrected chi connectivity index (χ0v) is 16.9. The van der Waals surface area contributed by atoms with Crippen molar-refractivity contribution in [3.05, 3.63) is 35.6 Å². The third-order valence-electron chi connectivity index (χ3n) is 4.68. The minimum absolute atomic E-state index is 0.0615. The molecule has 0 saturated carbocycles. The van der Waals surface area contributed by atoms with E-state index in [1.54, 1.807) is 6.92 Å². The molecule has 2 rings (SSSR count). The number of rotatable bonds is 8. The van der Waals surface area contributed by atoms with E-state index in [9.17, 15) is 9.18 Å². The number of aliphatic imine (C=N–C) groups is 1. The van der Waals surface area contributed by atoms with Crippen molar-refractivity contribution in [3.8, 4) is 0 Å². The van der Waals surface area contributed by atoms with Crippen LogP contribution in [0, 0.1) is 11.7 Å². The Morgan fingerprint density at radius 2 is 1.96 bits per heavy atom. The van der Waals surface area contributed by atoms with E-state index in [4.69, 9.17) is 9.47 Å². The Kier molecular flexibility index (Phi) is 9.16. The summed E-state index contributed by atoms with van der Waals surface area (Å²) in [6, 6.07) is 6.67. The number of ether oxygens (including phenoxy) is 2. The van der Waals surface area contributed by atoms with Gasteiger partial charge in [0.05, 0.1) is 38.8 Å². The molecule has 0 bridgehead atoms. The van der Waals surface area contributed by atoms with Crippen molar-refractivity contribution >= 4 is 11.9 Å². The van der Waals surface area contributed by atoms with Crippen molar-refractivity contribution in [2.24, 2.45) is 10.9 Å². The summed E-state index contributed by atoms with van der Waals surface area (Å²) in [6.07, 6.45) is 0. The molecule has 0 radical (unpaired) electrons. The SMILES string of the molecule is CCNC(=NCC(C)C(=O)OC)NCC(c1ccc(F)cc1)N1CCOCC1. The summed E-state index contributed by atoms with van der Waals surface area (Å²) in [5, 5.41) is 6.55. The highest BCUT2D eigenvalue weighted by molar-refractivity contribution is 5.80. The number of hydrogen-bond acceptors (Lipinski definition) is 5. The maximum Gasteiger partial charge on any atom is 0.310 e. The maximum absolute atomic E-state index is 13.4. The molecule has 2 atom stereocenters. The van der Waals surface area contributed by atoms with E-state index in [0.29, 0.717) is 38.8 Å². The van der Waals surface area contributed by atoms with E-state index in [0.717, 1.165) is 18.7 Å². The van der Waals surface area contributed by atoms with Gasteiger partial charge in [-0.2, -0.15) is 0 Å². The van der Waals surface area contributed by atoms with Crippen LogP contribution in [-0.4, -0.2) is 69.9 Å². The number of hydrogen-bond donors (Lipinski definition) is 2. The fraction of sp³-hybridized carbons (Fsp3) is 0.600. The predicted octanol–water partition coefficient (Wildman–Crippen LogP) is 1.56. The molecule has 0 aromatic heterocycles. The fourth-order valence-corrected chi connectivity index (χ4v) is 3.07. The van der Waals surface area contributed by atoms with Gasteiger partial charge < -0.3 is 20.1 Å². The Labute approximate surface area is 166 Å². The number of methoxy groups -OCH3 is 1. The fourth-order valence-electron chi connectivity index (χ4n) is 3.07. The van der Waals surface area contributed by atoms with Crippen LogP contribution in [0.25, 0.3) is 0 Å². The molecule has 0 aliphatic carbocycles. The number of esters is 1. The number of carbonyl (C=O) groups excluding carboxylic acids is 1. The Hall–Kier alpha value is -2.19. The smallest absolute Gasteiger partial charge is 0.310 e. The minimum atomic E-state index is -0.312. The van der Waals surface area contributed by atoms with Crippen molar-refractivity contribution in [2.75, 3.05) is 53.0 Å². The number of nitrogens with zero attached hydrogens (tertiary/aromatic N) is 2. The van der Waals surface area contributed by atoms with Gasteiger partial charge in [0.1, 0.15) is 5.82 Å². The first-order chi connectivity index (χ1) is 13.5. The molecule has 1 saturated heterocycles. The second-order valence-corrected chi connectivity index (χ2v) is 6.74. The van der Waals surface area contributed by atoms with Crippen LogP contribution in [0.3, 0.4) is 0 Å². The molecule has 8 heteroatoms. The van der Waals surface area contributed by atoms with E-state index >= 15 is 0 Å². The molecule has 156 valence electrons. The summed E-state index contributed by atoms with van der Waals surface area (Å²) in [6.45, 7) is 8.41. The Balaban J connectivity index is 2.07. The number of benzene rings is 1. The molecule has 28 heavy (non-hydrogen) atoms. The van der Waals surface area contributed by atoms with Crippen LogP contribution in [0.4, 0.5) is 4.39 Å². The van der Waals surface area contributed by atoms with E-state index in [1.165, 1.54) is 19.2 Å². The van der Waals surface area contributed by atoms with Gasteiger partial charge in [-0.05, 0) is 24.6 Å².